The Balaban J connectivity index is 3.54. The lowest BCUT2D eigenvalue weighted by atomic mass is 10.2. The summed E-state index contributed by atoms with van der Waals surface area (Å²) >= 11 is 3.02. The molecule has 21 heavy (non-hydrogen) atoms. The first-order valence-electron chi connectivity index (χ1n) is 6.37. The van der Waals surface area contributed by atoms with Gasteiger partial charge in [-0.1, -0.05) is 22.9 Å². The first-order chi connectivity index (χ1) is 9.62. The predicted octanol–water partition coefficient (Wildman–Crippen LogP) is 3.10. The lowest BCUT2D eigenvalue weighted by Crippen LogP contribution is -2.38. The molecule has 0 aliphatic carbocycles. The van der Waals surface area contributed by atoms with Crippen molar-refractivity contribution in [2.45, 2.75) is 38.1 Å². The highest BCUT2D eigenvalue weighted by atomic mass is 79.9. The minimum Gasteiger partial charge on any atom is -0.478 e. The van der Waals surface area contributed by atoms with Crippen molar-refractivity contribution < 1.29 is 22.7 Å². The Morgan fingerprint density at radius 3 is 2.43 bits per heavy atom. The van der Waals surface area contributed by atoms with E-state index in [4.69, 9.17) is 5.11 Å². The molecule has 5 nitrogen and oxygen atoms in total. The smallest absolute Gasteiger partial charge is 0.338 e. The van der Waals surface area contributed by atoms with E-state index in [9.17, 15) is 17.6 Å². The molecule has 0 unspecified atom stereocenters. The molecule has 1 rings (SSSR count). The molecule has 0 aliphatic rings. The van der Waals surface area contributed by atoms with Crippen molar-refractivity contribution in [2.24, 2.45) is 0 Å². The molecule has 0 saturated heterocycles. The van der Waals surface area contributed by atoms with Crippen LogP contribution < -0.4 is 0 Å². The summed E-state index contributed by atoms with van der Waals surface area (Å²) < 4.78 is 40.8. The quantitative estimate of drug-likeness (QED) is 0.821. The molecule has 0 spiro atoms. The van der Waals surface area contributed by atoms with Crippen molar-refractivity contribution in [3.63, 3.8) is 0 Å². The van der Waals surface area contributed by atoms with Gasteiger partial charge in [0.1, 0.15) is 4.90 Å². The van der Waals surface area contributed by atoms with Gasteiger partial charge in [0.15, 0.2) is 5.82 Å². The highest BCUT2D eigenvalue weighted by Gasteiger charge is 2.31. The minimum atomic E-state index is -4.11. The Kier molecular flexibility index (Phi) is 5.89. The number of rotatable bonds is 6. The highest BCUT2D eigenvalue weighted by molar-refractivity contribution is 9.10. The van der Waals surface area contributed by atoms with E-state index in [1.807, 2.05) is 6.92 Å². The number of carboxylic acids is 1. The van der Waals surface area contributed by atoms with E-state index in [-0.39, 0.29) is 17.1 Å². The van der Waals surface area contributed by atoms with Crippen LogP contribution in [0.4, 0.5) is 4.39 Å². The van der Waals surface area contributed by atoms with Gasteiger partial charge in [-0.2, -0.15) is 4.31 Å². The predicted molar refractivity (Wildman–Crippen MR) is 80.4 cm³/mol. The van der Waals surface area contributed by atoms with Crippen LogP contribution in [-0.4, -0.2) is 36.4 Å². The number of sulfonamides is 1. The molecule has 118 valence electrons. The van der Waals surface area contributed by atoms with E-state index in [0.29, 0.717) is 6.42 Å². The molecule has 8 heteroatoms. The standard InChI is InChI=1S/C13H17BrFNO4S/c1-4-5-16(8(2)3)21(19,20)11-7-9(14)6-10(12(11)15)13(17)18/h6-8H,4-5H2,1-3H3,(H,17,18). The maximum Gasteiger partial charge on any atom is 0.338 e. The Labute approximate surface area is 131 Å². The number of carbonyl (C=O) groups is 1. The second-order valence-corrected chi connectivity index (χ2v) is 7.55. The summed E-state index contributed by atoms with van der Waals surface area (Å²) in [6.45, 7) is 5.40. The van der Waals surface area contributed by atoms with Crippen LogP contribution in [0.2, 0.25) is 0 Å². The Morgan fingerprint density at radius 1 is 1.43 bits per heavy atom. The van der Waals surface area contributed by atoms with E-state index in [0.717, 1.165) is 16.4 Å². The fourth-order valence-electron chi connectivity index (χ4n) is 1.91. The van der Waals surface area contributed by atoms with Gasteiger partial charge in [0, 0.05) is 17.1 Å². The summed E-state index contributed by atoms with van der Waals surface area (Å²) in [5.41, 5.74) is -0.678. The molecule has 0 atom stereocenters. The number of hydrogen-bond acceptors (Lipinski definition) is 3. The number of carboxylic acid groups (broad SMARTS) is 1. The van der Waals surface area contributed by atoms with E-state index < -0.39 is 32.3 Å². The Hall–Kier alpha value is -0.990. The Morgan fingerprint density at radius 2 is 2.00 bits per heavy atom. The molecule has 0 fully saturated rings. The van der Waals surface area contributed by atoms with Crippen molar-refractivity contribution in [2.75, 3.05) is 6.54 Å². The van der Waals surface area contributed by atoms with Crippen molar-refractivity contribution in [3.8, 4) is 0 Å². The van der Waals surface area contributed by atoms with Gasteiger partial charge in [-0.25, -0.2) is 17.6 Å². The van der Waals surface area contributed by atoms with Crippen LogP contribution >= 0.6 is 15.9 Å². The molecule has 0 saturated carbocycles. The van der Waals surface area contributed by atoms with Gasteiger partial charge in [-0.15, -0.1) is 0 Å². The molecule has 1 aromatic rings. The van der Waals surface area contributed by atoms with Crippen LogP contribution in [0, 0.1) is 5.82 Å². The van der Waals surface area contributed by atoms with Gasteiger partial charge in [0.2, 0.25) is 10.0 Å². The van der Waals surface area contributed by atoms with Gasteiger partial charge in [0.05, 0.1) is 5.56 Å². The van der Waals surface area contributed by atoms with Crippen LogP contribution in [-0.2, 0) is 10.0 Å². The number of hydrogen-bond donors (Lipinski definition) is 1. The first kappa shape index (κ1) is 18.1. The highest BCUT2D eigenvalue weighted by Crippen LogP contribution is 2.27. The van der Waals surface area contributed by atoms with E-state index in [1.54, 1.807) is 13.8 Å². The molecule has 0 radical (unpaired) electrons. The maximum absolute atomic E-state index is 14.3. The molecule has 0 aromatic heterocycles. The number of nitrogens with zero attached hydrogens (tertiary/aromatic N) is 1. The molecule has 0 heterocycles. The van der Waals surface area contributed by atoms with Crippen molar-refractivity contribution in [3.05, 3.63) is 28.0 Å². The second-order valence-electron chi connectivity index (χ2n) is 4.78. The average molecular weight is 382 g/mol. The van der Waals surface area contributed by atoms with Gasteiger partial charge >= 0.3 is 5.97 Å². The van der Waals surface area contributed by atoms with Gasteiger partial charge in [-0.3, -0.25) is 0 Å². The number of aromatic carboxylic acids is 1. The number of benzene rings is 1. The summed E-state index contributed by atoms with van der Waals surface area (Å²) in [5, 5.41) is 8.96. The monoisotopic (exact) mass is 381 g/mol. The molecule has 0 amide bonds. The van der Waals surface area contributed by atoms with Crippen molar-refractivity contribution in [1.82, 2.24) is 4.31 Å². The summed E-state index contributed by atoms with van der Waals surface area (Å²) in [7, 11) is -4.11. The molecule has 1 N–H and O–H groups in total. The van der Waals surface area contributed by atoms with Crippen LogP contribution in [0.25, 0.3) is 0 Å². The Bertz CT molecular complexity index is 646. The zero-order valence-corrected chi connectivity index (χ0v) is 14.3. The second kappa shape index (κ2) is 6.85. The third-order valence-electron chi connectivity index (χ3n) is 2.84. The fraction of sp³-hybridized carbons (Fsp3) is 0.462. The SMILES string of the molecule is CCCN(C(C)C)S(=O)(=O)c1cc(Br)cc(C(=O)O)c1F. The molecular formula is C13H17BrFNO4S. The maximum atomic E-state index is 14.3. The van der Waals surface area contributed by atoms with Crippen LogP contribution in [0.15, 0.2) is 21.5 Å². The van der Waals surface area contributed by atoms with Crippen LogP contribution in [0.1, 0.15) is 37.6 Å². The van der Waals surface area contributed by atoms with E-state index >= 15 is 0 Å². The van der Waals surface area contributed by atoms with Crippen LogP contribution in [0.3, 0.4) is 0 Å². The summed E-state index contributed by atoms with van der Waals surface area (Å²) in [5.74, 6) is -2.76. The van der Waals surface area contributed by atoms with E-state index in [2.05, 4.69) is 15.9 Å². The lowest BCUT2D eigenvalue weighted by molar-refractivity contribution is 0.0691. The fourth-order valence-corrected chi connectivity index (χ4v) is 4.36. The van der Waals surface area contributed by atoms with Crippen LogP contribution in [0.5, 0.6) is 0 Å². The third kappa shape index (κ3) is 3.81. The zero-order chi connectivity index (χ0) is 16.4. The average Bonchev–Trinajstić information content (AvgIpc) is 2.37. The molecule has 0 aliphatic heterocycles. The number of halogens is 2. The van der Waals surface area contributed by atoms with Gasteiger partial charge < -0.3 is 5.11 Å². The van der Waals surface area contributed by atoms with Crippen molar-refractivity contribution >= 4 is 31.9 Å². The molecule has 0 bridgehead atoms. The van der Waals surface area contributed by atoms with Gasteiger partial charge in [0.25, 0.3) is 0 Å². The summed E-state index contributed by atoms with van der Waals surface area (Å²) in [6, 6.07) is 1.76. The van der Waals surface area contributed by atoms with Crippen molar-refractivity contribution in [1.29, 1.82) is 0 Å². The largest absolute Gasteiger partial charge is 0.478 e. The zero-order valence-electron chi connectivity index (χ0n) is 11.9. The lowest BCUT2D eigenvalue weighted by Gasteiger charge is -2.25. The normalized spacial score (nSPS) is 12.1. The first-order valence-corrected chi connectivity index (χ1v) is 8.60. The third-order valence-corrected chi connectivity index (χ3v) is 5.37. The topological polar surface area (TPSA) is 74.7 Å². The van der Waals surface area contributed by atoms with Gasteiger partial charge in [-0.05, 0) is 32.4 Å². The molecule has 1 aromatic carbocycles. The summed E-state index contributed by atoms with van der Waals surface area (Å²) in [4.78, 5) is 10.4. The molecular weight excluding hydrogens is 365 g/mol. The minimum absolute atomic E-state index is 0.195. The van der Waals surface area contributed by atoms with E-state index in [1.165, 1.54) is 0 Å². The summed E-state index contributed by atoms with van der Waals surface area (Å²) in [6.07, 6.45) is 0.568.